The van der Waals surface area contributed by atoms with Crippen molar-refractivity contribution < 1.29 is 4.39 Å². The first-order chi connectivity index (χ1) is 8.17. The van der Waals surface area contributed by atoms with Crippen LogP contribution in [0.4, 0.5) is 4.39 Å². The third-order valence-corrected chi connectivity index (χ3v) is 3.30. The second kappa shape index (κ2) is 7.44. The molecular formula is C15H24FN. The van der Waals surface area contributed by atoms with E-state index in [1.54, 1.807) is 12.1 Å². The van der Waals surface area contributed by atoms with E-state index in [2.05, 4.69) is 26.1 Å². The van der Waals surface area contributed by atoms with E-state index < -0.39 is 0 Å². The number of hydrogen-bond acceptors (Lipinski definition) is 1. The Labute approximate surface area is 104 Å². The van der Waals surface area contributed by atoms with Gasteiger partial charge in [0, 0.05) is 6.04 Å². The molecule has 0 spiro atoms. The van der Waals surface area contributed by atoms with Gasteiger partial charge in [0.2, 0.25) is 0 Å². The molecule has 0 amide bonds. The average Bonchev–Trinajstić information content (AvgIpc) is 2.32. The number of likely N-dealkylation sites (N-methyl/N-ethyl adjacent to an activating group) is 1. The van der Waals surface area contributed by atoms with E-state index >= 15 is 0 Å². The Morgan fingerprint density at radius 3 is 2.53 bits per heavy atom. The van der Waals surface area contributed by atoms with Crippen molar-refractivity contribution in [2.45, 2.75) is 46.1 Å². The summed E-state index contributed by atoms with van der Waals surface area (Å²) in [6.45, 7) is 7.50. The van der Waals surface area contributed by atoms with E-state index in [4.69, 9.17) is 0 Å². The molecule has 2 atom stereocenters. The molecule has 2 unspecified atom stereocenters. The highest BCUT2D eigenvalue weighted by molar-refractivity contribution is 5.18. The van der Waals surface area contributed by atoms with E-state index in [9.17, 15) is 4.39 Å². The summed E-state index contributed by atoms with van der Waals surface area (Å²) in [5, 5.41) is 3.46. The molecule has 1 rings (SSSR count). The average molecular weight is 237 g/mol. The first kappa shape index (κ1) is 14.2. The summed E-state index contributed by atoms with van der Waals surface area (Å²) in [6.07, 6.45) is 3.07. The summed E-state index contributed by atoms with van der Waals surface area (Å²) in [7, 11) is 0. The SMILES string of the molecule is CCNC(Cc1ccccc1F)CC(C)CC. The molecule has 0 saturated carbocycles. The van der Waals surface area contributed by atoms with Crippen LogP contribution in [0.3, 0.4) is 0 Å². The first-order valence-corrected chi connectivity index (χ1v) is 6.64. The van der Waals surface area contributed by atoms with Gasteiger partial charge in [-0.3, -0.25) is 0 Å². The van der Waals surface area contributed by atoms with Crippen LogP contribution in [-0.2, 0) is 6.42 Å². The number of hydrogen-bond donors (Lipinski definition) is 1. The molecule has 0 fully saturated rings. The maximum Gasteiger partial charge on any atom is 0.126 e. The monoisotopic (exact) mass is 237 g/mol. The molecule has 1 nitrogen and oxygen atoms in total. The van der Waals surface area contributed by atoms with Crippen LogP contribution in [0.25, 0.3) is 0 Å². The smallest absolute Gasteiger partial charge is 0.126 e. The van der Waals surface area contributed by atoms with Gasteiger partial charge in [-0.15, -0.1) is 0 Å². The molecule has 0 aliphatic carbocycles. The predicted octanol–water partition coefficient (Wildman–Crippen LogP) is 3.78. The lowest BCUT2D eigenvalue weighted by atomic mass is 9.94. The molecule has 1 N–H and O–H groups in total. The Hall–Kier alpha value is -0.890. The number of halogens is 1. The van der Waals surface area contributed by atoms with Gasteiger partial charge in [0.15, 0.2) is 0 Å². The standard InChI is InChI=1S/C15H24FN/c1-4-12(3)10-14(17-5-2)11-13-8-6-7-9-15(13)16/h6-9,12,14,17H,4-5,10-11H2,1-3H3. The highest BCUT2D eigenvalue weighted by Gasteiger charge is 2.13. The third-order valence-electron chi connectivity index (χ3n) is 3.30. The van der Waals surface area contributed by atoms with Gasteiger partial charge in [0.05, 0.1) is 0 Å². The van der Waals surface area contributed by atoms with E-state index in [0.29, 0.717) is 12.0 Å². The largest absolute Gasteiger partial charge is 0.314 e. The Morgan fingerprint density at radius 1 is 1.24 bits per heavy atom. The minimum atomic E-state index is -0.0837. The molecule has 1 aromatic rings. The van der Waals surface area contributed by atoms with Gasteiger partial charge >= 0.3 is 0 Å². The fraction of sp³-hybridized carbons (Fsp3) is 0.600. The summed E-state index contributed by atoms with van der Waals surface area (Å²) >= 11 is 0. The van der Waals surface area contributed by atoms with E-state index in [-0.39, 0.29) is 5.82 Å². The van der Waals surface area contributed by atoms with E-state index in [1.165, 1.54) is 6.42 Å². The second-order valence-electron chi connectivity index (χ2n) is 4.80. The van der Waals surface area contributed by atoms with Crippen molar-refractivity contribution in [3.05, 3.63) is 35.6 Å². The van der Waals surface area contributed by atoms with Gasteiger partial charge in [0.25, 0.3) is 0 Å². The lowest BCUT2D eigenvalue weighted by Gasteiger charge is -2.21. The Bertz CT molecular complexity index is 324. The molecule has 0 bridgehead atoms. The van der Waals surface area contributed by atoms with Crippen molar-refractivity contribution in [3.8, 4) is 0 Å². The van der Waals surface area contributed by atoms with E-state index in [0.717, 1.165) is 24.9 Å². The fourth-order valence-electron chi connectivity index (χ4n) is 2.11. The minimum Gasteiger partial charge on any atom is -0.314 e. The number of benzene rings is 1. The van der Waals surface area contributed by atoms with Crippen LogP contribution in [0.2, 0.25) is 0 Å². The van der Waals surface area contributed by atoms with Crippen LogP contribution in [-0.4, -0.2) is 12.6 Å². The van der Waals surface area contributed by atoms with Crippen LogP contribution in [0.5, 0.6) is 0 Å². The molecule has 0 aromatic heterocycles. The van der Waals surface area contributed by atoms with Crippen molar-refractivity contribution in [2.24, 2.45) is 5.92 Å². The lowest BCUT2D eigenvalue weighted by molar-refractivity contribution is 0.393. The van der Waals surface area contributed by atoms with Crippen molar-refractivity contribution in [1.82, 2.24) is 5.32 Å². The minimum absolute atomic E-state index is 0.0837. The van der Waals surface area contributed by atoms with Crippen LogP contribution in [0.1, 0.15) is 39.2 Å². The van der Waals surface area contributed by atoms with Gasteiger partial charge in [-0.2, -0.15) is 0 Å². The summed E-state index contributed by atoms with van der Waals surface area (Å²) in [5.74, 6) is 0.602. The number of nitrogens with one attached hydrogen (secondary N) is 1. The number of rotatable bonds is 7. The van der Waals surface area contributed by atoms with Gasteiger partial charge in [-0.1, -0.05) is 45.4 Å². The lowest BCUT2D eigenvalue weighted by Crippen LogP contribution is -2.32. The quantitative estimate of drug-likeness (QED) is 0.761. The maximum absolute atomic E-state index is 13.6. The van der Waals surface area contributed by atoms with Gasteiger partial charge < -0.3 is 5.32 Å². The predicted molar refractivity (Wildman–Crippen MR) is 71.6 cm³/mol. The molecule has 1 aromatic carbocycles. The highest BCUT2D eigenvalue weighted by Crippen LogP contribution is 2.15. The van der Waals surface area contributed by atoms with E-state index in [1.807, 2.05) is 12.1 Å². The van der Waals surface area contributed by atoms with Gasteiger partial charge in [-0.05, 0) is 36.9 Å². The topological polar surface area (TPSA) is 12.0 Å². The van der Waals surface area contributed by atoms with Crippen molar-refractivity contribution in [2.75, 3.05) is 6.54 Å². The molecule has 0 saturated heterocycles. The zero-order valence-electron chi connectivity index (χ0n) is 11.2. The fourth-order valence-corrected chi connectivity index (χ4v) is 2.11. The first-order valence-electron chi connectivity index (χ1n) is 6.64. The molecule has 2 heteroatoms. The van der Waals surface area contributed by atoms with Crippen molar-refractivity contribution >= 4 is 0 Å². The maximum atomic E-state index is 13.6. The van der Waals surface area contributed by atoms with Crippen LogP contribution < -0.4 is 5.32 Å². The second-order valence-corrected chi connectivity index (χ2v) is 4.80. The summed E-state index contributed by atoms with van der Waals surface area (Å²) < 4.78 is 13.6. The zero-order chi connectivity index (χ0) is 12.7. The Kier molecular flexibility index (Phi) is 6.20. The van der Waals surface area contributed by atoms with Gasteiger partial charge in [-0.25, -0.2) is 4.39 Å². The Balaban J connectivity index is 2.63. The summed E-state index contributed by atoms with van der Waals surface area (Å²) in [4.78, 5) is 0. The summed E-state index contributed by atoms with van der Waals surface area (Å²) in [5.41, 5.74) is 0.821. The Morgan fingerprint density at radius 2 is 1.94 bits per heavy atom. The van der Waals surface area contributed by atoms with Crippen molar-refractivity contribution in [1.29, 1.82) is 0 Å². The third kappa shape index (κ3) is 4.86. The van der Waals surface area contributed by atoms with Crippen LogP contribution >= 0.6 is 0 Å². The molecule has 17 heavy (non-hydrogen) atoms. The molecule has 0 heterocycles. The normalized spacial score (nSPS) is 14.6. The molecule has 0 radical (unpaired) electrons. The molecular weight excluding hydrogens is 213 g/mol. The molecule has 0 aliphatic heterocycles. The van der Waals surface area contributed by atoms with Crippen LogP contribution in [0.15, 0.2) is 24.3 Å². The molecule has 0 aliphatic rings. The molecule has 96 valence electrons. The van der Waals surface area contributed by atoms with Gasteiger partial charge in [0.1, 0.15) is 5.82 Å². The highest BCUT2D eigenvalue weighted by atomic mass is 19.1. The summed E-state index contributed by atoms with van der Waals surface area (Å²) in [6, 6.07) is 7.46. The van der Waals surface area contributed by atoms with Crippen molar-refractivity contribution in [3.63, 3.8) is 0 Å². The zero-order valence-corrected chi connectivity index (χ0v) is 11.2. The van der Waals surface area contributed by atoms with Crippen LogP contribution in [0, 0.1) is 11.7 Å².